The summed E-state index contributed by atoms with van der Waals surface area (Å²) in [6.07, 6.45) is 5.89. The van der Waals surface area contributed by atoms with Gasteiger partial charge in [0, 0.05) is 18.1 Å². The molecule has 0 unspecified atom stereocenters. The van der Waals surface area contributed by atoms with Gasteiger partial charge in [-0.15, -0.1) is 0 Å². The van der Waals surface area contributed by atoms with Crippen molar-refractivity contribution in [1.82, 2.24) is 4.57 Å². The third kappa shape index (κ3) is 1.59. The molecule has 2 rings (SSSR count). The minimum Gasteiger partial charge on any atom is -0.339 e. The number of hydrogen-bond acceptors (Lipinski definition) is 1. The Balaban J connectivity index is 2.14. The first-order chi connectivity index (χ1) is 6.79. The molecule has 0 radical (unpaired) electrons. The van der Waals surface area contributed by atoms with Gasteiger partial charge in [-0.25, -0.2) is 0 Å². The van der Waals surface area contributed by atoms with E-state index in [2.05, 4.69) is 26.6 Å². The Morgan fingerprint density at radius 3 is 2.86 bits per heavy atom. The molecular formula is C11H13BrN2. The molecule has 3 heteroatoms. The highest BCUT2D eigenvalue weighted by Gasteiger charge is 2.36. The van der Waals surface area contributed by atoms with Gasteiger partial charge in [0.25, 0.3) is 0 Å². The van der Waals surface area contributed by atoms with Crippen molar-refractivity contribution in [3.8, 4) is 6.07 Å². The highest BCUT2D eigenvalue weighted by molar-refractivity contribution is 9.09. The Morgan fingerprint density at radius 1 is 1.57 bits per heavy atom. The van der Waals surface area contributed by atoms with Gasteiger partial charge in [0.1, 0.15) is 11.8 Å². The monoisotopic (exact) mass is 252 g/mol. The van der Waals surface area contributed by atoms with Gasteiger partial charge >= 0.3 is 0 Å². The van der Waals surface area contributed by atoms with Crippen LogP contribution in [0.1, 0.15) is 25.0 Å². The smallest absolute Gasteiger partial charge is 0.120 e. The lowest BCUT2D eigenvalue weighted by atomic mass is 9.70. The lowest BCUT2D eigenvalue weighted by Gasteiger charge is -2.41. The van der Waals surface area contributed by atoms with Gasteiger partial charge in [-0.3, -0.25) is 0 Å². The van der Waals surface area contributed by atoms with Crippen molar-refractivity contribution in [3.63, 3.8) is 0 Å². The highest BCUT2D eigenvalue weighted by Crippen LogP contribution is 2.43. The van der Waals surface area contributed by atoms with Crippen molar-refractivity contribution < 1.29 is 0 Å². The van der Waals surface area contributed by atoms with E-state index in [1.54, 1.807) is 0 Å². The molecule has 0 N–H and O–H groups in total. The van der Waals surface area contributed by atoms with Crippen molar-refractivity contribution in [3.05, 3.63) is 24.0 Å². The molecular weight excluding hydrogens is 240 g/mol. The molecule has 0 spiro atoms. The first kappa shape index (κ1) is 9.79. The third-order valence-electron chi connectivity index (χ3n) is 3.15. The lowest BCUT2D eigenvalue weighted by Crippen LogP contribution is -2.35. The van der Waals surface area contributed by atoms with E-state index in [9.17, 15) is 0 Å². The van der Waals surface area contributed by atoms with Gasteiger partial charge in [-0.1, -0.05) is 22.4 Å². The fraction of sp³-hybridized carbons (Fsp3) is 0.545. The van der Waals surface area contributed by atoms with E-state index in [0.717, 1.165) is 17.6 Å². The normalized spacial score (nSPS) is 18.6. The number of nitriles is 1. The summed E-state index contributed by atoms with van der Waals surface area (Å²) >= 11 is 3.58. The standard InChI is InChI=1S/C11H13BrN2/c12-8-11(4-2-5-11)9-14-6-1-3-10(14)7-13/h1,3,6H,2,4-5,8-9H2. The van der Waals surface area contributed by atoms with Crippen LogP contribution in [0.5, 0.6) is 0 Å². The fourth-order valence-corrected chi connectivity index (χ4v) is 2.76. The van der Waals surface area contributed by atoms with Crippen molar-refractivity contribution >= 4 is 15.9 Å². The van der Waals surface area contributed by atoms with E-state index >= 15 is 0 Å². The third-order valence-corrected chi connectivity index (χ3v) is 4.34. The van der Waals surface area contributed by atoms with Crippen molar-refractivity contribution in [2.45, 2.75) is 25.8 Å². The molecule has 1 aliphatic carbocycles. The Morgan fingerprint density at radius 2 is 2.36 bits per heavy atom. The Kier molecular flexibility index (Phi) is 2.64. The van der Waals surface area contributed by atoms with Gasteiger partial charge in [0.15, 0.2) is 0 Å². The summed E-state index contributed by atoms with van der Waals surface area (Å²) in [7, 11) is 0. The topological polar surface area (TPSA) is 28.7 Å². The molecule has 0 aliphatic heterocycles. The van der Waals surface area contributed by atoms with Crippen molar-refractivity contribution in [1.29, 1.82) is 5.26 Å². The number of halogens is 1. The molecule has 1 saturated carbocycles. The van der Waals surface area contributed by atoms with E-state index in [1.165, 1.54) is 19.3 Å². The molecule has 14 heavy (non-hydrogen) atoms. The van der Waals surface area contributed by atoms with Crippen LogP contribution in [0.3, 0.4) is 0 Å². The zero-order valence-corrected chi connectivity index (χ0v) is 9.63. The second kappa shape index (κ2) is 3.78. The maximum absolute atomic E-state index is 8.89. The number of rotatable bonds is 3. The molecule has 2 nitrogen and oxygen atoms in total. The average Bonchev–Trinajstić information content (AvgIpc) is 2.58. The van der Waals surface area contributed by atoms with E-state index in [4.69, 9.17) is 5.26 Å². The summed E-state index contributed by atoms with van der Waals surface area (Å²) in [5.74, 6) is 0. The van der Waals surface area contributed by atoms with E-state index in [0.29, 0.717) is 5.41 Å². The molecule has 1 fully saturated rings. The molecule has 1 aliphatic rings. The number of aromatic nitrogens is 1. The zero-order valence-electron chi connectivity index (χ0n) is 8.04. The molecule has 0 atom stereocenters. The average molecular weight is 253 g/mol. The molecule has 1 aromatic heterocycles. The van der Waals surface area contributed by atoms with E-state index in [1.807, 2.05) is 18.3 Å². The first-order valence-electron chi connectivity index (χ1n) is 4.91. The summed E-state index contributed by atoms with van der Waals surface area (Å²) in [4.78, 5) is 0. The van der Waals surface area contributed by atoms with Crippen LogP contribution < -0.4 is 0 Å². The summed E-state index contributed by atoms with van der Waals surface area (Å²) in [6, 6.07) is 6.04. The quantitative estimate of drug-likeness (QED) is 0.761. The Bertz CT molecular complexity index is 352. The van der Waals surface area contributed by atoms with Crippen LogP contribution in [0, 0.1) is 16.7 Å². The van der Waals surface area contributed by atoms with Crippen LogP contribution in [0.15, 0.2) is 18.3 Å². The predicted octanol–water partition coefficient (Wildman–Crippen LogP) is 2.92. The zero-order chi connectivity index (χ0) is 10.0. The number of nitrogens with zero attached hydrogens (tertiary/aromatic N) is 2. The van der Waals surface area contributed by atoms with E-state index in [-0.39, 0.29) is 0 Å². The largest absolute Gasteiger partial charge is 0.339 e. The maximum atomic E-state index is 8.89. The van der Waals surface area contributed by atoms with Crippen LogP contribution in [-0.2, 0) is 6.54 Å². The molecule has 74 valence electrons. The maximum Gasteiger partial charge on any atom is 0.120 e. The van der Waals surface area contributed by atoms with Gasteiger partial charge in [-0.2, -0.15) is 5.26 Å². The minimum atomic E-state index is 0.407. The minimum absolute atomic E-state index is 0.407. The van der Waals surface area contributed by atoms with Crippen molar-refractivity contribution in [2.24, 2.45) is 5.41 Å². The summed E-state index contributed by atoms with van der Waals surface area (Å²) in [5.41, 5.74) is 1.18. The molecule has 1 aromatic rings. The second-order valence-corrected chi connectivity index (χ2v) is 4.68. The van der Waals surface area contributed by atoms with E-state index < -0.39 is 0 Å². The first-order valence-corrected chi connectivity index (χ1v) is 6.03. The predicted molar refractivity (Wildman–Crippen MR) is 59.2 cm³/mol. The van der Waals surface area contributed by atoms with Gasteiger partial charge < -0.3 is 4.57 Å². The van der Waals surface area contributed by atoms with Crippen LogP contribution in [0.4, 0.5) is 0 Å². The fourth-order valence-electron chi connectivity index (χ4n) is 2.03. The summed E-state index contributed by atoms with van der Waals surface area (Å²) in [6.45, 7) is 0.980. The van der Waals surface area contributed by atoms with Crippen molar-refractivity contribution in [2.75, 3.05) is 5.33 Å². The number of alkyl halides is 1. The van der Waals surface area contributed by atoms with Crippen LogP contribution >= 0.6 is 15.9 Å². The molecule has 0 saturated heterocycles. The Labute approximate surface area is 92.7 Å². The van der Waals surface area contributed by atoms with Crippen LogP contribution in [-0.4, -0.2) is 9.90 Å². The van der Waals surface area contributed by atoms with Crippen LogP contribution in [0.2, 0.25) is 0 Å². The molecule has 0 bridgehead atoms. The SMILES string of the molecule is N#Cc1cccn1CC1(CBr)CCC1. The second-order valence-electron chi connectivity index (χ2n) is 4.12. The summed E-state index contributed by atoms with van der Waals surface area (Å²) in [5, 5.41) is 9.93. The molecule has 0 aromatic carbocycles. The highest BCUT2D eigenvalue weighted by atomic mass is 79.9. The number of hydrogen-bond donors (Lipinski definition) is 0. The van der Waals surface area contributed by atoms with Gasteiger partial charge in [0.2, 0.25) is 0 Å². The summed E-state index contributed by atoms with van der Waals surface area (Å²) < 4.78 is 2.07. The van der Waals surface area contributed by atoms with Gasteiger partial charge in [-0.05, 0) is 30.4 Å². The Hall–Kier alpha value is -0.750. The van der Waals surface area contributed by atoms with Gasteiger partial charge in [0.05, 0.1) is 0 Å². The molecule has 0 amide bonds. The molecule has 1 heterocycles. The van der Waals surface area contributed by atoms with Crippen LogP contribution in [0.25, 0.3) is 0 Å². The lowest BCUT2D eigenvalue weighted by molar-refractivity contribution is 0.140.